The van der Waals surface area contributed by atoms with E-state index in [4.69, 9.17) is 37.0 Å². The first-order valence-electron chi connectivity index (χ1n) is 36.8. The van der Waals surface area contributed by atoms with Gasteiger partial charge in [-0.05, 0) is 141 Å². The lowest BCUT2D eigenvalue weighted by molar-refractivity contribution is -0.161. The average molecular weight is 1390 g/mol. The SMILES string of the molecule is CC/C=C\C/C=C\C/C=C\C/C=C\C/C=C\CCCC(=O)OCC(COP(=O)(O)OCC(O)COP(=O)(O)OCC(COC(=O)CCCCCCC/C=C\C/C=C\C/C=C\CC)OC(=O)CCCCCCC/C=C\CCCC)OC(=O)CCCCCCC/C=C\CCCCCC. The van der Waals surface area contributed by atoms with E-state index in [1.54, 1.807) is 0 Å². The third-order valence-corrected chi connectivity index (χ3v) is 16.8. The first kappa shape index (κ1) is 91.5. The second-order valence-electron chi connectivity index (χ2n) is 24.1. The maximum Gasteiger partial charge on any atom is 0.472 e. The van der Waals surface area contributed by atoms with Gasteiger partial charge in [0.1, 0.15) is 19.3 Å². The molecule has 0 saturated carbocycles. The summed E-state index contributed by atoms with van der Waals surface area (Å²) in [5, 5.41) is 10.6. The molecule has 550 valence electrons. The van der Waals surface area contributed by atoms with E-state index in [1.807, 2.05) is 12.2 Å². The van der Waals surface area contributed by atoms with Gasteiger partial charge in [0.15, 0.2) is 12.2 Å². The van der Waals surface area contributed by atoms with Crippen molar-refractivity contribution in [2.75, 3.05) is 39.6 Å². The Hall–Kier alpha value is -4.54. The van der Waals surface area contributed by atoms with Crippen LogP contribution < -0.4 is 0 Å². The highest BCUT2D eigenvalue weighted by molar-refractivity contribution is 7.47. The van der Waals surface area contributed by atoms with Crippen LogP contribution in [0, 0.1) is 0 Å². The summed E-state index contributed by atoms with van der Waals surface area (Å²) in [6, 6.07) is 0. The summed E-state index contributed by atoms with van der Waals surface area (Å²) in [4.78, 5) is 72.7. The first-order valence-corrected chi connectivity index (χ1v) is 39.8. The number of unbranched alkanes of at least 4 members (excludes halogenated alkanes) is 22. The predicted octanol–water partition coefficient (Wildman–Crippen LogP) is 20.8. The molecule has 0 aliphatic heterocycles. The van der Waals surface area contributed by atoms with Crippen molar-refractivity contribution < 1.29 is 80.2 Å². The topological polar surface area (TPSA) is 237 Å². The minimum Gasteiger partial charge on any atom is -0.462 e. The van der Waals surface area contributed by atoms with Gasteiger partial charge in [-0.15, -0.1) is 0 Å². The van der Waals surface area contributed by atoms with Crippen molar-refractivity contribution in [3.63, 3.8) is 0 Å². The smallest absolute Gasteiger partial charge is 0.462 e. The number of aliphatic hydroxyl groups is 1. The van der Waals surface area contributed by atoms with Gasteiger partial charge in [0, 0.05) is 25.7 Å². The lowest BCUT2D eigenvalue weighted by Crippen LogP contribution is -2.30. The molecule has 0 amide bonds. The fourth-order valence-corrected chi connectivity index (χ4v) is 10.9. The summed E-state index contributed by atoms with van der Waals surface area (Å²) in [6.45, 7) is 4.47. The zero-order chi connectivity index (χ0) is 70.4. The van der Waals surface area contributed by atoms with Gasteiger partial charge in [-0.25, -0.2) is 9.13 Å². The molecule has 0 heterocycles. The Bertz CT molecular complexity index is 2300. The van der Waals surface area contributed by atoms with E-state index in [0.29, 0.717) is 32.1 Å². The highest BCUT2D eigenvalue weighted by atomic mass is 31.2. The van der Waals surface area contributed by atoms with Crippen molar-refractivity contribution in [1.29, 1.82) is 0 Å². The fourth-order valence-electron chi connectivity index (χ4n) is 9.30. The number of carbonyl (C=O) groups is 4. The highest BCUT2D eigenvalue weighted by Gasteiger charge is 2.30. The second-order valence-corrected chi connectivity index (χ2v) is 27.0. The molecule has 19 heteroatoms. The number of hydrogen-bond acceptors (Lipinski definition) is 15. The molecule has 0 aromatic rings. The zero-order valence-corrected chi connectivity index (χ0v) is 61.5. The largest absolute Gasteiger partial charge is 0.472 e. The summed E-state index contributed by atoms with van der Waals surface area (Å²) in [7, 11) is -9.97. The monoisotopic (exact) mass is 1390 g/mol. The Morgan fingerprint density at radius 1 is 0.302 bits per heavy atom. The van der Waals surface area contributed by atoms with E-state index >= 15 is 0 Å². The van der Waals surface area contributed by atoms with E-state index in [1.165, 1.54) is 38.5 Å². The number of phosphoric acid groups is 2. The molecule has 0 aliphatic rings. The van der Waals surface area contributed by atoms with Crippen LogP contribution >= 0.6 is 15.6 Å². The third-order valence-electron chi connectivity index (χ3n) is 14.9. The van der Waals surface area contributed by atoms with Gasteiger partial charge in [-0.1, -0.05) is 239 Å². The van der Waals surface area contributed by atoms with Crippen LogP contribution in [0.3, 0.4) is 0 Å². The van der Waals surface area contributed by atoms with E-state index in [2.05, 4.69) is 137 Å². The molecule has 17 nitrogen and oxygen atoms in total. The molecule has 0 bridgehead atoms. The quantitative estimate of drug-likeness (QED) is 0.0169. The van der Waals surface area contributed by atoms with Crippen molar-refractivity contribution >= 4 is 39.5 Å². The Labute approximate surface area is 581 Å². The maximum absolute atomic E-state index is 13.0. The molecule has 0 radical (unpaired) electrons. The van der Waals surface area contributed by atoms with Crippen LogP contribution in [-0.2, 0) is 65.4 Å². The lowest BCUT2D eigenvalue weighted by Gasteiger charge is -2.21. The number of allylic oxidation sites excluding steroid dienone is 20. The van der Waals surface area contributed by atoms with Gasteiger partial charge in [0.2, 0.25) is 0 Å². The molecule has 3 N–H and O–H groups in total. The molecule has 96 heavy (non-hydrogen) atoms. The summed E-state index contributed by atoms with van der Waals surface area (Å²) in [5.74, 6) is -2.28. The maximum atomic E-state index is 13.0. The standard InChI is InChI=1S/C77H130O17P2/c1-5-9-13-17-21-25-29-32-34-35-37-40-43-46-50-54-58-62-75(80)88-68-73(94-77(82)64-60-56-52-48-44-38-31-27-23-19-15-11-7-3)70-92-96(85,86)90-66-71(78)65-89-95(83,84)91-69-72(93-76(81)63-59-55-51-47-41-28-24-20-16-12-8-4)67-87-74(79)61-57-53-49-45-42-39-36-33-30-26-22-18-14-10-6-2/h9-10,13-14,20-22,24-27,31-34,36-37,40,46,50,71-73,78H,5-8,11-12,15-19,23,28-30,35,38-39,41-45,47-49,51-70H2,1-4H3,(H,83,84)(H,85,86)/b13-9-,14-10-,24-20-,25-21-,26-22-,31-27-,34-32-,36-33-,40-37-,50-46-. The second kappa shape index (κ2) is 69.0. The van der Waals surface area contributed by atoms with Crippen LogP contribution in [0.4, 0.5) is 0 Å². The van der Waals surface area contributed by atoms with Crippen molar-refractivity contribution in [3.05, 3.63) is 122 Å². The van der Waals surface area contributed by atoms with Gasteiger partial charge >= 0.3 is 39.5 Å². The molecule has 0 aromatic carbocycles. The zero-order valence-electron chi connectivity index (χ0n) is 59.8. The van der Waals surface area contributed by atoms with Crippen LogP contribution in [0.15, 0.2) is 122 Å². The molecular formula is C77H130O17P2. The Kier molecular flexibility index (Phi) is 65.7. The number of rotatable bonds is 68. The number of carbonyl (C=O) groups excluding carboxylic acids is 4. The Morgan fingerprint density at radius 3 is 0.917 bits per heavy atom. The lowest BCUT2D eigenvalue weighted by atomic mass is 10.1. The predicted molar refractivity (Wildman–Crippen MR) is 390 cm³/mol. The molecule has 0 spiro atoms. The Balaban J connectivity index is 5.39. The fraction of sp³-hybridized carbons (Fsp3) is 0.688. The number of esters is 4. The molecular weight excluding hydrogens is 1260 g/mol. The molecule has 0 fully saturated rings. The number of hydrogen-bond donors (Lipinski definition) is 3. The third kappa shape index (κ3) is 68.0. The van der Waals surface area contributed by atoms with Crippen molar-refractivity contribution in [1.82, 2.24) is 0 Å². The Morgan fingerprint density at radius 2 is 0.562 bits per heavy atom. The van der Waals surface area contributed by atoms with Crippen molar-refractivity contribution in [3.8, 4) is 0 Å². The molecule has 0 saturated heterocycles. The summed E-state index contributed by atoms with van der Waals surface area (Å²) >= 11 is 0. The number of phosphoric ester groups is 2. The van der Waals surface area contributed by atoms with Crippen LogP contribution in [0.2, 0.25) is 0 Å². The molecule has 0 rings (SSSR count). The van der Waals surface area contributed by atoms with Gasteiger partial charge < -0.3 is 33.8 Å². The van der Waals surface area contributed by atoms with Crippen LogP contribution in [0.5, 0.6) is 0 Å². The number of aliphatic hydroxyl groups excluding tert-OH is 1. The summed E-state index contributed by atoms with van der Waals surface area (Å²) in [5.41, 5.74) is 0. The molecule has 0 aromatic heterocycles. The normalized spacial score (nSPS) is 14.7. The number of ether oxygens (including phenoxy) is 4. The van der Waals surface area contributed by atoms with Crippen LogP contribution in [0.1, 0.15) is 285 Å². The molecule has 5 atom stereocenters. The summed E-state index contributed by atoms with van der Waals surface area (Å²) in [6.07, 6.45) is 73.6. The van der Waals surface area contributed by atoms with Crippen molar-refractivity contribution in [2.45, 2.75) is 303 Å². The van der Waals surface area contributed by atoms with E-state index < -0.39 is 97.5 Å². The average Bonchev–Trinajstić information content (AvgIpc) is 1.17. The molecule has 0 aliphatic carbocycles. The van der Waals surface area contributed by atoms with Gasteiger partial charge in [-0.3, -0.25) is 37.3 Å². The first-order chi connectivity index (χ1) is 46.7. The summed E-state index contributed by atoms with van der Waals surface area (Å²) < 4.78 is 68.2. The van der Waals surface area contributed by atoms with E-state index in [0.717, 1.165) is 161 Å². The van der Waals surface area contributed by atoms with Gasteiger partial charge in [0.25, 0.3) is 0 Å². The minimum absolute atomic E-state index is 0.0703. The highest BCUT2D eigenvalue weighted by Crippen LogP contribution is 2.45. The van der Waals surface area contributed by atoms with E-state index in [-0.39, 0.29) is 25.7 Å². The van der Waals surface area contributed by atoms with Gasteiger partial charge in [-0.2, -0.15) is 0 Å². The van der Waals surface area contributed by atoms with Crippen LogP contribution in [0.25, 0.3) is 0 Å². The van der Waals surface area contributed by atoms with Crippen LogP contribution in [-0.4, -0.2) is 96.7 Å². The molecule has 5 unspecified atom stereocenters. The minimum atomic E-state index is -4.99. The van der Waals surface area contributed by atoms with E-state index in [9.17, 15) is 43.2 Å². The van der Waals surface area contributed by atoms with Crippen molar-refractivity contribution in [2.24, 2.45) is 0 Å². The van der Waals surface area contributed by atoms with Gasteiger partial charge in [0.05, 0.1) is 26.4 Å².